The van der Waals surface area contributed by atoms with Gasteiger partial charge in [-0.3, -0.25) is 9.59 Å². The number of allylic oxidation sites excluding steroid dienone is 3. The molecule has 1 aliphatic heterocycles. The predicted octanol–water partition coefficient (Wildman–Crippen LogP) is 0.467. The summed E-state index contributed by atoms with van der Waals surface area (Å²) in [5.74, 6) is -0.189. The van der Waals surface area contributed by atoms with Crippen LogP contribution in [0.4, 0.5) is 0 Å². The number of carbonyl (C=O) groups excluding carboxylic acids is 2. The van der Waals surface area contributed by atoms with Crippen molar-refractivity contribution in [2.24, 2.45) is 0 Å². The number of hydrogen-bond donors (Lipinski definition) is 1. The minimum absolute atomic E-state index is 0.0831. The van der Waals surface area contributed by atoms with Gasteiger partial charge in [0, 0.05) is 19.2 Å². The zero-order chi connectivity index (χ0) is 11.1. The molecule has 0 spiro atoms. The fourth-order valence-corrected chi connectivity index (χ4v) is 1.35. The van der Waals surface area contributed by atoms with Gasteiger partial charge in [0.25, 0.3) is 0 Å². The van der Waals surface area contributed by atoms with Crippen LogP contribution in [0.1, 0.15) is 13.3 Å². The van der Waals surface area contributed by atoms with Crippen LogP contribution >= 0.6 is 0 Å². The molecule has 4 nitrogen and oxygen atoms in total. The van der Waals surface area contributed by atoms with Gasteiger partial charge in [0.15, 0.2) is 0 Å². The van der Waals surface area contributed by atoms with Crippen molar-refractivity contribution in [2.45, 2.75) is 13.3 Å². The van der Waals surface area contributed by atoms with Gasteiger partial charge >= 0.3 is 0 Å². The van der Waals surface area contributed by atoms with E-state index in [1.54, 1.807) is 17.1 Å². The summed E-state index contributed by atoms with van der Waals surface area (Å²) < 4.78 is 0. The van der Waals surface area contributed by atoms with Crippen molar-refractivity contribution in [2.75, 3.05) is 19.6 Å². The summed E-state index contributed by atoms with van der Waals surface area (Å²) in [7, 11) is 0. The molecule has 82 valence electrons. The molecule has 0 aromatic carbocycles. The predicted molar refractivity (Wildman–Crippen MR) is 58.2 cm³/mol. The summed E-state index contributed by atoms with van der Waals surface area (Å²) >= 11 is 0. The van der Waals surface area contributed by atoms with Crippen molar-refractivity contribution in [1.82, 2.24) is 10.2 Å². The van der Waals surface area contributed by atoms with E-state index in [9.17, 15) is 9.59 Å². The first kappa shape index (κ1) is 11.5. The molecule has 0 radical (unpaired) electrons. The summed E-state index contributed by atoms with van der Waals surface area (Å²) in [6, 6.07) is 0. The highest BCUT2D eigenvalue weighted by molar-refractivity contribution is 5.91. The van der Waals surface area contributed by atoms with E-state index in [4.69, 9.17) is 0 Å². The molecule has 1 heterocycles. The second-order valence-corrected chi connectivity index (χ2v) is 3.35. The van der Waals surface area contributed by atoms with E-state index in [0.717, 1.165) is 6.42 Å². The van der Waals surface area contributed by atoms with Gasteiger partial charge in [-0.25, -0.2) is 0 Å². The Morgan fingerprint density at radius 2 is 2.27 bits per heavy atom. The lowest BCUT2D eigenvalue weighted by molar-refractivity contribution is -0.131. The van der Waals surface area contributed by atoms with Crippen LogP contribution in [0.25, 0.3) is 0 Å². The number of nitrogens with zero attached hydrogens (tertiary/aromatic N) is 1. The second-order valence-electron chi connectivity index (χ2n) is 3.35. The highest BCUT2D eigenvalue weighted by Crippen LogP contribution is 1.98. The molecule has 0 aliphatic carbocycles. The average Bonchev–Trinajstić information content (AvgIpc) is 2.43. The monoisotopic (exact) mass is 208 g/mol. The third-order valence-corrected chi connectivity index (χ3v) is 2.12. The summed E-state index contributed by atoms with van der Waals surface area (Å²) in [4.78, 5) is 24.3. The molecule has 0 aromatic heterocycles. The molecule has 1 saturated heterocycles. The normalized spacial score (nSPS) is 18.2. The Labute approximate surface area is 89.6 Å². The molecule has 0 saturated carbocycles. The fraction of sp³-hybridized carbons (Fsp3) is 0.455. The van der Waals surface area contributed by atoms with E-state index < -0.39 is 0 Å². The van der Waals surface area contributed by atoms with Crippen molar-refractivity contribution in [3.8, 4) is 0 Å². The van der Waals surface area contributed by atoms with E-state index in [1.165, 1.54) is 6.08 Å². The maximum atomic E-state index is 11.6. The SMILES string of the molecule is CC=CC=CC(=O)N1CCCNC(=O)C1. The molecular formula is C11H16N2O2. The highest BCUT2D eigenvalue weighted by Gasteiger charge is 2.17. The second kappa shape index (κ2) is 6.01. The molecule has 0 aromatic rings. The third-order valence-electron chi connectivity index (χ3n) is 2.12. The lowest BCUT2D eigenvalue weighted by Crippen LogP contribution is -2.36. The molecule has 1 N–H and O–H groups in total. The Morgan fingerprint density at radius 1 is 1.47 bits per heavy atom. The molecule has 1 rings (SSSR count). The van der Waals surface area contributed by atoms with Crippen LogP contribution in [-0.2, 0) is 9.59 Å². The van der Waals surface area contributed by atoms with Crippen molar-refractivity contribution in [3.05, 3.63) is 24.3 Å². The van der Waals surface area contributed by atoms with Gasteiger partial charge in [0.1, 0.15) is 0 Å². The first-order chi connectivity index (χ1) is 7.24. The molecule has 1 aliphatic rings. The first-order valence-corrected chi connectivity index (χ1v) is 5.09. The number of hydrogen-bond acceptors (Lipinski definition) is 2. The number of carbonyl (C=O) groups is 2. The zero-order valence-electron chi connectivity index (χ0n) is 8.90. The Bertz CT molecular complexity index is 295. The van der Waals surface area contributed by atoms with Crippen LogP contribution in [0, 0.1) is 0 Å². The zero-order valence-corrected chi connectivity index (χ0v) is 8.90. The van der Waals surface area contributed by atoms with Gasteiger partial charge in [-0.15, -0.1) is 0 Å². The van der Waals surface area contributed by atoms with Crippen molar-refractivity contribution >= 4 is 11.8 Å². The van der Waals surface area contributed by atoms with Gasteiger partial charge in [-0.2, -0.15) is 0 Å². The molecular weight excluding hydrogens is 192 g/mol. The van der Waals surface area contributed by atoms with Crippen LogP contribution in [0.3, 0.4) is 0 Å². The molecule has 1 fully saturated rings. The Hall–Kier alpha value is -1.58. The minimum atomic E-state index is -0.106. The van der Waals surface area contributed by atoms with Crippen molar-refractivity contribution in [1.29, 1.82) is 0 Å². The highest BCUT2D eigenvalue weighted by atomic mass is 16.2. The van der Waals surface area contributed by atoms with Crippen LogP contribution in [0.15, 0.2) is 24.3 Å². The number of nitrogens with one attached hydrogen (secondary N) is 1. The molecule has 2 amide bonds. The van der Waals surface area contributed by atoms with E-state index >= 15 is 0 Å². The van der Waals surface area contributed by atoms with Gasteiger partial charge in [-0.05, 0) is 13.3 Å². The van der Waals surface area contributed by atoms with Gasteiger partial charge in [-0.1, -0.05) is 18.2 Å². The van der Waals surface area contributed by atoms with Crippen LogP contribution in [0.2, 0.25) is 0 Å². The Kier molecular flexibility index (Phi) is 4.60. The Morgan fingerprint density at radius 3 is 3.00 bits per heavy atom. The summed E-state index contributed by atoms with van der Waals surface area (Å²) in [6.45, 7) is 3.34. The molecule has 4 heteroatoms. The summed E-state index contributed by atoms with van der Waals surface area (Å²) in [5.41, 5.74) is 0. The molecule has 15 heavy (non-hydrogen) atoms. The number of amides is 2. The van der Waals surface area contributed by atoms with Crippen LogP contribution in [-0.4, -0.2) is 36.3 Å². The lowest BCUT2D eigenvalue weighted by Gasteiger charge is -2.16. The number of rotatable bonds is 2. The molecule has 0 unspecified atom stereocenters. The topological polar surface area (TPSA) is 49.4 Å². The van der Waals surface area contributed by atoms with Crippen LogP contribution < -0.4 is 5.32 Å². The third kappa shape index (κ3) is 3.97. The van der Waals surface area contributed by atoms with Gasteiger partial charge < -0.3 is 10.2 Å². The van der Waals surface area contributed by atoms with E-state index in [0.29, 0.717) is 13.1 Å². The molecule has 0 bridgehead atoms. The maximum Gasteiger partial charge on any atom is 0.247 e. The smallest absolute Gasteiger partial charge is 0.247 e. The minimum Gasteiger partial charge on any atom is -0.354 e. The largest absolute Gasteiger partial charge is 0.354 e. The van der Waals surface area contributed by atoms with Crippen molar-refractivity contribution in [3.63, 3.8) is 0 Å². The van der Waals surface area contributed by atoms with Crippen molar-refractivity contribution < 1.29 is 9.59 Å². The summed E-state index contributed by atoms with van der Waals surface area (Å²) in [5, 5.41) is 2.73. The van der Waals surface area contributed by atoms with Gasteiger partial charge in [0.2, 0.25) is 11.8 Å². The van der Waals surface area contributed by atoms with Crippen LogP contribution in [0.5, 0.6) is 0 Å². The van der Waals surface area contributed by atoms with E-state index in [-0.39, 0.29) is 18.4 Å². The quantitative estimate of drug-likeness (QED) is 0.529. The fourth-order valence-electron chi connectivity index (χ4n) is 1.35. The molecule has 0 atom stereocenters. The maximum absolute atomic E-state index is 11.6. The Balaban J connectivity index is 2.53. The average molecular weight is 208 g/mol. The lowest BCUT2D eigenvalue weighted by atomic mass is 10.3. The van der Waals surface area contributed by atoms with E-state index in [1.807, 2.05) is 13.0 Å². The summed E-state index contributed by atoms with van der Waals surface area (Å²) in [6.07, 6.45) is 7.62. The van der Waals surface area contributed by atoms with Gasteiger partial charge in [0.05, 0.1) is 6.54 Å². The first-order valence-electron chi connectivity index (χ1n) is 5.09. The standard InChI is InChI=1S/C11H16N2O2/c1-2-3-4-6-11(15)13-8-5-7-12-10(14)9-13/h2-4,6H,5,7-9H2,1H3,(H,12,14). The van der Waals surface area contributed by atoms with E-state index in [2.05, 4.69) is 5.32 Å².